The highest BCUT2D eigenvalue weighted by atomic mass is 16.5. The standard InChI is InChI=1S/C22H24O7/c1-6-27-15-12-16(28-7-2)20(25-4)21-17(15)18(23)22(26-5)19(29-21)13-8-10-14(24-3)11-9-13/h8-12H,6-7H2,1-5H3. The second-order valence-corrected chi connectivity index (χ2v) is 6.00. The normalized spacial score (nSPS) is 10.7. The fourth-order valence-corrected chi connectivity index (χ4v) is 3.11. The first kappa shape index (κ1) is 20.4. The Balaban J connectivity index is 2.40. The molecular weight excluding hydrogens is 376 g/mol. The lowest BCUT2D eigenvalue weighted by atomic mass is 10.1. The number of hydrogen-bond donors (Lipinski definition) is 0. The quantitative estimate of drug-likeness (QED) is 0.558. The zero-order valence-corrected chi connectivity index (χ0v) is 17.2. The predicted molar refractivity (Wildman–Crippen MR) is 110 cm³/mol. The summed E-state index contributed by atoms with van der Waals surface area (Å²) in [5.74, 6) is 2.14. The van der Waals surface area contributed by atoms with Crippen LogP contribution in [0.25, 0.3) is 22.3 Å². The van der Waals surface area contributed by atoms with Gasteiger partial charge in [0, 0.05) is 11.6 Å². The first-order valence-corrected chi connectivity index (χ1v) is 9.25. The molecule has 29 heavy (non-hydrogen) atoms. The zero-order chi connectivity index (χ0) is 21.0. The highest BCUT2D eigenvalue weighted by molar-refractivity contribution is 5.93. The highest BCUT2D eigenvalue weighted by Crippen LogP contribution is 2.43. The Bertz CT molecular complexity index is 1050. The average molecular weight is 400 g/mol. The maximum Gasteiger partial charge on any atom is 0.239 e. The Kier molecular flexibility index (Phi) is 6.16. The smallest absolute Gasteiger partial charge is 0.239 e. The molecule has 0 saturated carbocycles. The summed E-state index contributed by atoms with van der Waals surface area (Å²) in [4.78, 5) is 13.3. The van der Waals surface area contributed by atoms with Gasteiger partial charge in [-0.25, -0.2) is 0 Å². The molecule has 154 valence electrons. The Morgan fingerprint density at radius 1 is 0.828 bits per heavy atom. The third kappa shape index (κ3) is 3.68. The van der Waals surface area contributed by atoms with Crippen molar-refractivity contribution in [3.63, 3.8) is 0 Å². The summed E-state index contributed by atoms with van der Waals surface area (Å²) in [5.41, 5.74) is 0.534. The van der Waals surface area contributed by atoms with Gasteiger partial charge in [-0.05, 0) is 38.1 Å². The van der Waals surface area contributed by atoms with Crippen LogP contribution in [0.15, 0.2) is 39.5 Å². The monoisotopic (exact) mass is 400 g/mol. The second-order valence-electron chi connectivity index (χ2n) is 6.00. The van der Waals surface area contributed by atoms with E-state index in [4.69, 9.17) is 28.1 Å². The third-order valence-electron chi connectivity index (χ3n) is 4.37. The molecule has 0 aliphatic rings. The molecule has 0 amide bonds. The van der Waals surface area contributed by atoms with Crippen molar-refractivity contribution in [2.24, 2.45) is 0 Å². The Labute approximate surface area is 168 Å². The summed E-state index contributed by atoms with van der Waals surface area (Å²) >= 11 is 0. The van der Waals surface area contributed by atoms with Gasteiger partial charge in [0.25, 0.3) is 0 Å². The van der Waals surface area contributed by atoms with E-state index in [2.05, 4.69) is 0 Å². The minimum atomic E-state index is -0.357. The zero-order valence-electron chi connectivity index (χ0n) is 17.2. The molecule has 0 atom stereocenters. The van der Waals surface area contributed by atoms with Crippen LogP contribution in [0.5, 0.6) is 28.7 Å². The molecule has 1 aromatic heterocycles. The molecule has 3 rings (SSSR count). The predicted octanol–water partition coefficient (Wildman–Crippen LogP) is 4.28. The molecular formula is C22H24O7. The van der Waals surface area contributed by atoms with Gasteiger partial charge in [0.2, 0.25) is 16.9 Å². The van der Waals surface area contributed by atoms with Gasteiger partial charge in [-0.15, -0.1) is 0 Å². The molecule has 3 aromatic rings. The van der Waals surface area contributed by atoms with E-state index < -0.39 is 0 Å². The molecule has 0 unspecified atom stereocenters. The number of methoxy groups -OCH3 is 3. The van der Waals surface area contributed by atoms with Crippen LogP contribution in [-0.4, -0.2) is 34.5 Å². The maximum absolute atomic E-state index is 13.3. The second kappa shape index (κ2) is 8.77. The van der Waals surface area contributed by atoms with Gasteiger partial charge < -0.3 is 28.1 Å². The topological polar surface area (TPSA) is 76.4 Å². The first-order valence-electron chi connectivity index (χ1n) is 9.25. The van der Waals surface area contributed by atoms with Gasteiger partial charge in [0.05, 0.1) is 34.5 Å². The molecule has 0 aliphatic carbocycles. The van der Waals surface area contributed by atoms with Crippen molar-refractivity contribution in [3.8, 4) is 40.1 Å². The van der Waals surface area contributed by atoms with E-state index >= 15 is 0 Å². The molecule has 0 aliphatic heterocycles. The first-order chi connectivity index (χ1) is 14.1. The summed E-state index contributed by atoms with van der Waals surface area (Å²) < 4.78 is 33.7. The van der Waals surface area contributed by atoms with E-state index in [1.807, 2.05) is 13.8 Å². The molecule has 1 heterocycles. The lowest BCUT2D eigenvalue weighted by Crippen LogP contribution is -2.11. The van der Waals surface area contributed by atoms with Crippen LogP contribution in [0.4, 0.5) is 0 Å². The molecule has 0 saturated heterocycles. The molecule has 0 radical (unpaired) electrons. The highest BCUT2D eigenvalue weighted by Gasteiger charge is 2.25. The summed E-state index contributed by atoms with van der Waals surface area (Å²) in [7, 11) is 4.51. The van der Waals surface area contributed by atoms with Crippen LogP contribution in [-0.2, 0) is 0 Å². The van der Waals surface area contributed by atoms with Gasteiger partial charge in [0.15, 0.2) is 17.1 Å². The van der Waals surface area contributed by atoms with Crippen molar-refractivity contribution >= 4 is 11.0 Å². The summed E-state index contributed by atoms with van der Waals surface area (Å²) in [6.07, 6.45) is 0. The molecule has 7 heteroatoms. The third-order valence-corrected chi connectivity index (χ3v) is 4.37. The van der Waals surface area contributed by atoms with E-state index in [0.717, 1.165) is 0 Å². The van der Waals surface area contributed by atoms with Gasteiger partial charge in [-0.2, -0.15) is 0 Å². The van der Waals surface area contributed by atoms with Crippen molar-refractivity contribution < 1.29 is 28.1 Å². The summed E-state index contributed by atoms with van der Waals surface area (Å²) in [5, 5.41) is 0.237. The Morgan fingerprint density at radius 2 is 1.45 bits per heavy atom. The van der Waals surface area contributed by atoms with Gasteiger partial charge in [-0.1, -0.05) is 0 Å². The van der Waals surface area contributed by atoms with Crippen LogP contribution in [0.3, 0.4) is 0 Å². The van der Waals surface area contributed by atoms with E-state index in [-0.39, 0.29) is 27.9 Å². The van der Waals surface area contributed by atoms with Crippen LogP contribution < -0.4 is 29.1 Å². The fourth-order valence-electron chi connectivity index (χ4n) is 3.11. The molecule has 0 spiro atoms. The van der Waals surface area contributed by atoms with Crippen molar-refractivity contribution in [2.75, 3.05) is 34.5 Å². The lowest BCUT2D eigenvalue weighted by molar-refractivity contribution is 0.302. The summed E-state index contributed by atoms with van der Waals surface area (Å²) in [6.45, 7) is 4.48. The van der Waals surface area contributed by atoms with Crippen LogP contribution in [0.1, 0.15) is 13.8 Å². The minimum Gasteiger partial charge on any atom is -0.497 e. The minimum absolute atomic E-state index is 0.0785. The van der Waals surface area contributed by atoms with E-state index in [9.17, 15) is 4.79 Å². The van der Waals surface area contributed by atoms with E-state index in [1.54, 1.807) is 37.4 Å². The SMILES string of the molecule is CCOc1cc(OCC)c2c(=O)c(OC)c(-c3ccc(OC)cc3)oc2c1OC. The van der Waals surface area contributed by atoms with Gasteiger partial charge in [-0.3, -0.25) is 4.79 Å². The van der Waals surface area contributed by atoms with Crippen molar-refractivity contribution in [2.45, 2.75) is 13.8 Å². The molecule has 7 nitrogen and oxygen atoms in total. The van der Waals surface area contributed by atoms with Gasteiger partial charge in [0.1, 0.15) is 16.9 Å². The number of benzene rings is 2. The van der Waals surface area contributed by atoms with Crippen LogP contribution >= 0.6 is 0 Å². The molecule has 0 fully saturated rings. The number of ether oxygens (including phenoxy) is 5. The number of rotatable bonds is 8. The Morgan fingerprint density at radius 3 is 2.00 bits per heavy atom. The molecule has 2 aromatic carbocycles. The van der Waals surface area contributed by atoms with Gasteiger partial charge >= 0.3 is 0 Å². The average Bonchev–Trinajstić information content (AvgIpc) is 2.74. The van der Waals surface area contributed by atoms with Crippen molar-refractivity contribution in [1.29, 1.82) is 0 Å². The van der Waals surface area contributed by atoms with Crippen molar-refractivity contribution in [1.82, 2.24) is 0 Å². The fraction of sp³-hybridized carbons (Fsp3) is 0.318. The Hall–Kier alpha value is -3.35. The van der Waals surface area contributed by atoms with Crippen molar-refractivity contribution in [3.05, 3.63) is 40.6 Å². The van der Waals surface area contributed by atoms with E-state index in [0.29, 0.717) is 41.8 Å². The van der Waals surface area contributed by atoms with Crippen LogP contribution in [0.2, 0.25) is 0 Å². The lowest BCUT2D eigenvalue weighted by Gasteiger charge is -2.17. The largest absolute Gasteiger partial charge is 0.497 e. The molecule has 0 N–H and O–H groups in total. The summed E-state index contributed by atoms with van der Waals surface area (Å²) in [6, 6.07) is 8.76. The maximum atomic E-state index is 13.3. The molecule has 0 bridgehead atoms. The van der Waals surface area contributed by atoms with Crippen LogP contribution in [0, 0.1) is 0 Å². The number of fused-ring (bicyclic) bond motifs is 1. The van der Waals surface area contributed by atoms with E-state index in [1.165, 1.54) is 14.2 Å². The number of hydrogen-bond acceptors (Lipinski definition) is 7.